The van der Waals surface area contributed by atoms with Crippen LogP contribution in [0.3, 0.4) is 0 Å². The maximum atomic E-state index is 12.3. The van der Waals surface area contributed by atoms with Crippen molar-refractivity contribution in [2.75, 3.05) is 0 Å². The van der Waals surface area contributed by atoms with E-state index in [2.05, 4.69) is 6.07 Å². The summed E-state index contributed by atoms with van der Waals surface area (Å²) in [6.45, 7) is 0. The van der Waals surface area contributed by atoms with Gasteiger partial charge in [0, 0.05) is 5.56 Å². The van der Waals surface area contributed by atoms with Gasteiger partial charge in [-0.1, -0.05) is 48.5 Å². The summed E-state index contributed by atoms with van der Waals surface area (Å²) in [7, 11) is 0. The minimum Gasteiger partial charge on any atom is -0.205 e. The van der Waals surface area contributed by atoms with E-state index in [1.54, 1.807) is 24.3 Å². The second kappa shape index (κ2) is 4.22. The molecular formula is C13H9F2. The third-order valence-corrected chi connectivity index (χ3v) is 2.21. The van der Waals surface area contributed by atoms with Crippen molar-refractivity contribution >= 4 is 0 Å². The van der Waals surface area contributed by atoms with Crippen LogP contribution < -0.4 is 0 Å². The summed E-state index contributed by atoms with van der Waals surface area (Å²) in [5.41, 5.74) is 2.00. The highest BCUT2D eigenvalue weighted by atomic mass is 19.3. The molecule has 0 heterocycles. The molecule has 0 spiro atoms. The zero-order chi connectivity index (χ0) is 10.7. The van der Waals surface area contributed by atoms with Crippen molar-refractivity contribution in [1.82, 2.24) is 0 Å². The highest BCUT2D eigenvalue weighted by Gasteiger charge is 2.05. The van der Waals surface area contributed by atoms with Crippen LogP contribution in [0.15, 0.2) is 48.5 Å². The molecule has 0 atom stereocenters. The third kappa shape index (κ3) is 2.21. The molecule has 0 nitrogen and oxygen atoms in total. The number of rotatable bonds is 2. The van der Waals surface area contributed by atoms with Crippen molar-refractivity contribution in [3.63, 3.8) is 0 Å². The fourth-order valence-electron chi connectivity index (χ4n) is 1.40. The smallest absolute Gasteiger partial charge is 0.205 e. The molecule has 1 radical (unpaired) electrons. The quantitative estimate of drug-likeness (QED) is 0.689. The molecule has 2 heteroatoms. The van der Waals surface area contributed by atoms with Gasteiger partial charge in [0.25, 0.3) is 6.43 Å². The lowest BCUT2D eigenvalue weighted by Crippen LogP contribution is -1.83. The molecule has 15 heavy (non-hydrogen) atoms. The maximum Gasteiger partial charge on any atom is 0.263 e. The first-order valence-corrected chi connectivity index (χ1v) is 4.62. The SMILES string of the molecule is FC(F)c1ccc(-c2cc[c]cc2)cc1. The van der Waals surface area contributed by atoms with E-state index in [0.29, 0.717) is 0 Å². The normalized spacial score (nSPS) is 10.6. The van der Waals surface area contributed by atoms with E-state index in [0.717, 1.165) is 11.1 Å². The van der Waals surface area contributed by atoms with Gasteiger partial charge in [0.15, 0.2) is 0 Å². The molecule has 0 unspecified atom stereocenters. The largest absolute Gasteiger partial charge is 0.263 e. The molecular weight excluding hydrogens is 194 g/mol. The average Bonchev–Trinajstić information content (AvgIpc) is 2.30. The Kier molecular flexibility index (Phi) is 2.77. The van der Waals surface area contributed by atoms with E-state index in [-0.39, 0.29) is 5.56 Å². The Morgan fingerprint density at radius 1 is 0.800 bits per heavy atom. The van der Waals surface area contributed by atoms with Crippen LogP contribution in [-0.2, 0) is 0 Å². The lowest BCUT2D eigenvalue weighted by molar-refractivity contribution is 0.151. The van der Waals surface area contributed by atoms with Crippen molar-refractivity contribution < 1.29 is 8.78 Å². The molecule has 0 bridgehead atoms. The predicted molar refractivity (Wildman–Crippen MR) is 55.7 cm³/mol. The maximum absolute atomic E-state index is 12.3. The van der Waals surface area contributed by atoms with Gasteiger partial charge in [0.05, 0.1) is 0 Å². The van der Waals surface area contributed by atoms with Gasteiger partial charge in [-0.15, -0.1) is 0 Å². The van der Waals surface area contributed by atoms with Crippen molar-refractivity contribution in [3.05, 3.63) is 60.2 Å². The van der Waals surface area contributed by atoms with Gasteiger partial charge in [-0.3, -0.25) is 0 Å². The summed E-state index contributed by atoms with van der Waals surface area (Å²) in [6.07, 6.45) is -2.40. The van der Waals surface area contributed by atoms with E-state index >= 15 is 0 Å². The molecule has 2 aromatic carbocycles. The Labute approximate surface area is 87.2 Å². The minimum atomic E-state index is -2.40. The second-order valence-electron chi connectivity index (χ2n) is 3.21. The molecule has 0 saturated heterocycles. The van der Waals surface area contributed by atoms with Crippen LogP contribution in [0, 0.1) is 6.07 Å². The Bertz CT molecular complexity index is 418. The van der Waals surface area contributed by atoms with Gasteiger partial charge in [-0.05, 0) is 17.2 Å². The number of halogens is 2. The summed E-state index contributed by atoms with van der Waals surface area (Å²) in [4.78, 5) is 0. The van der Waals surface area contributed by atoms with Gasteiger partial charge in [-0.25, -0.2) is 8.78 Å². The molecule has 0 amide bonds. The lowest BCUT2D eigenvalue weighted by Gasteiger charge is -2.03. The summed E-state index contributed by atoms with van der Waals surface area (Å²) >= 11 is 0. The zero-order valence-electron chi connectivity index (χ0n) is 7.95. The van der Waals surface area contributed by atoms with Crippen LogP contribution in [0.2, 0.25) is 0 Å². The summed E-state index contributed by atoms with van der Waals surface area (Å²) in [6, 6.07) is 16.6. The lowest BCUT2D eigenvalue weighted by atomic mass is 10.0. The molecule has 2 aromatic rings. The Morgan fingerprint density at radius 2 is 1.33 bits per heavy atom. The van der Waals surface area contributed by atoms with Crippen molar-refractivity contribution in [1.29, 1.82) is 0 Å². The average molecular weight is 203 g/mol. The van der Waals surface area contributed by atoms with Gasteiger partial charge in [-0.2, -0.15) is 0 Å². The van der Waals surface area contributed by atoms with E-state index < -0.39 is 6.43 Å². The van der Waals surface area contributed by atoms with Crippen LogP contribution in [0.5, 0.6) is 0 Å². The fourth-order valence-corrected chi connectivity index (χ4v) is 1.40. The minimum absolute atomic E-state index is 0.0567. The number of alkyl halides is 2. The van der Waals surface area contributed by atoms with Crippen LogP contribution in [-0.4, -0.2) is 0 Å². The topological polar surface area (TPSA) is 0 Å². The second-order valence-corrected chi connectivity index (χ2v) is 3.21. The summed E-state index contributed by atoms with van der Waals surface area (Å²) < 4.78 is 24.6. The Morgan fingerprint density at radius 3 is 1.87 bits per heavy atom. The summed E-state index contributed by atoms with van der Waals surface area (Å²) in [5.74, 6) is 0. The van der Waals surface area contributed by atoms with Crippen molar-refractivity contribution in [2.45, 2.75) is 6.43 Å². The Hall–Kier alpha value is -1.70. The summed E-state index contributed by atoms with van der Waals surface area (Å²) in [5, 5.41) is 0. The first-order valence-electron chi connectivity index (χ1n) is 4.62. The van der Waals surface area contributed by atoms with Crippen molar-refractivity contribution in [3.8, 4) is 11.1 Å². The van der Waals surface area contributed by atoms with E-state index in [1.165, 1.54) is 12.1 Å². The molecule has 0 aromatic heterocycles. The van der Waals surface area contributed by atoms with E-state index in [9.17, 15) is 8.78 Å². The molecule has 0 fully saturated rings. The third-order valence-electron chi connectivity index (χ3n) is 2.21. The molecule has 0 aliphatic heterocycles. The fraction of sp³-hybridized carbons (Fsp3) is 0.0769. The Balaban J connectivity index is 2.32. The monoisotopic (exact) mass is 203 g/mol. The first-order chi connectivity index (χ1) is 7.27. The van der Waals surface area contributed by atoms with E-state index in [4.69, 9.17) is 0 Å². The highest BCUT2D eigenvalue weighted by molar-refractivity contribution is 5.63. The van der Waals surface area contributed by atoms with E-state index in [1.807, 2.05) is 12.1 Å². The number of benzene rings is 2. The standard InChI is InChI=1S/C13H9F2/c14-13(15)12-8-6-11(7-9-12)10-4-2-1-3-5-10/h2-9,13H. The first kappa shape index (κ1) is 9.84. The molecule has 0 saturated carbocycles. The van der Waals surface area contributed by atoms with Gasteiger partial charge >= 0.3 is 0 Å². The van der Waals surface area contributed by atoms with Gasteiger partial charge in [0.2, 0.25) is 0 Å². The highest BCUT2D eigenvalue weighted by Crippen LogP contribution is 2.23. The van der Waals surface area contributed by atoms with Crippen LogP contribution >= 0.6 is 0 Å². The number of hydrogen-bond donors (Lipinski definition) is 0. The van der Waals surface area contributed by atoms with Crippen LogP contribution in [0.25, 0.3) is 11.1 Å². The predicted octanol–water partition coefficient (Wildman–Crippen LogP) is 4.09. The van der Waals surface area contributed by atoms with Crippen molar-refractivity contribution in [2.24, 2.45) is 0 Å². The molecule has 0 aliphatic carbocycles. The molecule has 2 rings (SSSR count). The number of hydrogen-bond acceptors (Lipinski definition) is 0. The van der Waals surface area contributed by atoms with Gasteiger partial charge in [0.1, 0.15) is 0 Å². The molecule has 0 N–H and O–H groups in total. The molecule has 75 valence electrons. The molecule has 0 aliphatic rings. The van der Waals surface area contributed by atoms with Crippen LogP contribution in [0.1, 0.15) is 12.0 Å². The van der Waals surface area contributed by atoms with Crippen LogP contribution in [0.4, 0.5) is 8.78 Å². The van der Waals surface area contributed by atoms with Gasteiger partial charge < -0.3 is 0 Å². The zero-order valence-corrected chi connectivity index (χ0v) is 7.95.